The number of carbonyl (C=O) groups is 2. The maximum atomic E-state index is 12.2. The summed E-state index contributed by atoms with van der Waals surface area (Å²) in [6.45, 7) is 1.01. The highest BCUT2D eigenvalue weighted by Crippen LogP contribution is 2.41. The Bertz CT molecular complexity index is 1530. The zero-order valence-corrected chi connectivity index (χ0v) is 26.7. The van der Waals surface area contributed by atoms with E-state index in [1.54, 1.807) is 14.2 Å². The zero-order valence-electron chi connectivity index (χ0n) is 26.7. The molecule has 4 aromatic carbocycles. The maximum absolute atomic E-state index is 12.2. The molecule has 0 spiro atoms. The molecule has 0 aromatic heterocycles. The van der Waals surface area contributed by atoms with Crippen molar-refractivity contribution in [1.29, 1.82) is 0 Å². The second-order valence-corrected chi connectivity index (χ2v) is 10.8. The second-order valence-electron chi connectivity index (χ2n) is 10.8. The third-order valence-corrected chi connectivity index (χ3v) is 7.72. The van der Waals surface area contributed by atoms with E-state index in [1.807, 2.05) is 66.7 Å². The molecule has 0 heterocycles. The summed E-state index contributed by atoms with van der Waals surface area (Å²) in [4.78, 5) is 34.5. The average molecular weight is 641 g/mol. The molecule has 0 radical (unpaired) electrons. The van der Waals surface area contributed by atoms with Crippen molar-refractivity contribution in [3.05, 3.63) is 130 Å². The van der Waals surface area contributed by atoms with Crippen LogP contribution in [0.4, 0.5) is 5.69 Å². The molecule has 1 N–H and O–H groups in total. The number of nitrogens with zero attached hydrogens (tertiary/aromatic N) is 1. The van der Waals surface area contributed by atoms with Crippen molar-refractivity contribution in [2.75, 3.05) is 27.4 Å². The average Bonchev–Trinajstić information content (AvgIpc) is 3.11. The number of hydrogen-bond acceptors (Lipinski definition) is 8. The van der Waals surface area contributed by atoms with Gasteiger partial charge in [-0.25, -0.2) is 0 Å². The van der Waals surface area contributed by atoms with Crippen molar-refractivity contribution in [1.82, 2.24) is 5.32 Å². The topological polar surface area (TPSA) is 126 Å². The summed E-state index contributed by atoms with van der Waals surface area (Å²) in [6, 6.07) is 31.3. The van der Waals surface area contributed by atoms with Crippen molar-refractivity contribution in [2.45, 2.75) is 44.1 Å². The number of nitro benzene ring substituents is 1. The van der Waals surface area contributed by atoms with Gasteiger partial charge in [0, 0.05) is 31.7 Å². The van der Waals surface area contributed by atoms with Crippen LogP contribution in [0.25, 0.3) is 0 Å². The van der Waals surface area contributed by atoms with E-state index in [4.69, 9.17) is 18.9 Å². The van der Waals surface area contributed by atoms with Gasteiger partial charge in [-0.05, 0) is 65.9 Å². The fraction of sp³-hybridized carbons (Fsp3) is 0.297. The number of nitrogens with one attached hydrogen (secondary N) is 1. The number of rotatable bonds is 18. The quantitative estimate of drug-likeness (QED) is 0.0308. The van der Waals surface area contributed by atoms with E-state index in [0.29, 0.717) is 13.2 Å². The van der Waals surface area contributed by atoms with Gasteiger partial charge in [0.15, 0.2) is 0 Å². The van der Waals surface area contributed by atoms with Crippen LogP contribution in [-0.4, -0.2) is 44.2 Å². The molecule has 10 nitrogen and oxygen atoms in total. The molecule has 47 heavy (non-hydrogen) atoms. The van der Waals surface area contributed by atoms with Gasteiger partial charge in [0.05, 0.1) is 25.6 Å². The van der Waals surface area contributed by atoms with E-state index in [2.05, 4.69) is 17.4 Å². The molecular formula is C37H40N2O8. The molecule has 0 saturated carbocycles. The molecule has 4 aromatic rings. The van der Waals surface area contributed by atoms with Gasteiger partial charge in [-0.3, -0.25) is 19.7 Å². The molecule has 0 aliphatic rings. The van der Waals surface area contributed by atoms with E-state index >= 15 is 0 Å². The van der Waals surface area contributed by atoms with Crippen LogP contribution in [0.3, 0.4) is 0 Å². The van der Waals surface area contributed by atoms with E-state index in [-0.39, 0.29) is 30.2 Å². The third-order valence-electron chi connectivity index (χ3n) is 7.72. The highest BCUT2D eigenvalue weighted by molar-refractivity contribution is 5.82. The van der Waals surface area contributed by atoms with Crippen LogP contribution >= 0.6 is 0 Å². The van der Waals surface area contributed by atoms with Crippen molar-refractivity contribution in [2.24, 2.45) is 0 Å². The summed E-state index contributed by atoms with van der Waals surface area (Å²) in [5.74, 6) is 0.906. The van der Waals surface area contributed by atoms with Crippen LogP contribution in [0.5, 0.6) is 17.2 Å². The van der Waals surface area contributed by atoms with Gasteiger partial charge in [0.1, 0.15) is 22.8 Å². The van der Waals surface area contributed by atoms with Crippen LogP contribution in [0, 0.1) is 10.1 Å². The third kappa shape index (κ3) is 9.64. The molecule has 0 aliphatic carbocycles. The minimum atomic E-state index is -0.854. The number of amides is 1. The number of hydrogen-bond donors (Lipinski definition) is 1. The molecule has 246 valence electrons. The van der Waals surface area contributed by atoms with Crippen LogP contribution in [-0.2, 0) is 19.9 Å². The SMILES string of the molecule is COc1ccc(C(OCCCCCCNC(=O)CCC(=O)Oc2ccc([N+](=O)[O-])cc2)(c2ccccc2)c2ccc(OC)cc2)cc1. The first kappa shape index (κ1) is 34.6. The Balaban J connectivity index is 1.26. The molecule has 0 unspecified atom stereocenters. The summed E-state index contributed by atoms with van der Waals surface area (Å²) in [7, 11) is 3.29. The van der Waals surface area contributed by atoms with Crippen molar-refractivity contribution < 1.29 is 33.5 Å². The van der Waals surface area contributed by atoms with E-state index in [1.165, 1.54) is 24.3 Å². The predicted octanol–water partition coefficient (Wildman–Crippen LogP) is 6.98. The maximum Gasteiger partial charge on any atom is 0.311 e. The van der Waals surface area contributed by atoms with Gasteiger partial charge in [-0.1, -0.05) is 67.4 Å². The lowest BCUT2D eigenvalue weighted by atomic mass is 9.80. The van der Waals surface area contributed by atoms with Crippen LogP contribution in [0.2, 0.25) is 0 Å². The van der Waals surface area contributed by atoms with Gasteiger partial charge in [0.2, 0.25) is 5.91 Å². The van der Waals surface area contributed by atoms with E-state index < -0.39 is 16.5 Å². The number of nitro groups is 1. The number of esters is 1. The Kier molecular flexibility index (Phi) is 12.9. The minimum absolute atomic E-state index is 0.00204. The Morgan fingerprint density at radius 1 is 0.681 bits per heavy atom. The summed E-state index contributed by atoms with van der Waals surface area (Å²) in [5.41, 5.74) is 2.02. The molecular weight excluding hydrogens is 600 g/mol. The molecule has 4 rings (SSSR count). The summed E-state index contributed by atoms with van der Waals surface area (Å²) >= 11 is 0. The van der Waals surface area contributed by atoms with Gasteiger partial charge in [-0.2, -0.15) is 0 Å². The van der Waals surface area contributed by atoms with Gasteiger partial charge in [0.25, 0.3) is 5.69 Å². The molecule has 0 aliphatic heterocycles. The number of non-ortho nitro benzene ring substituents is 1. The highest BCUT2D eigenvalue weighted by Gasteiger charge is 2.37. The molecule has 0 bridgehead atoms. The predicted molar refractivity (Wildman–Crippen MR) is 178 cm³/mol. The fourth-order valence-corrected chi connectivity index (χ4v) is 5.23. The second kappa shape index (κ2) is 17.5. The number of ether oxygens (including phenoxy) is 4. The molecule has 1 amide bonds. The van der Waals surface area contributed by atoms with Crippen LogP contribution < -0.4 is 19.5 Å². The Hall–Kier alpha value is -5.22. The largest absolute Gasteiger partial charge is 0.497 e. The first-order valence-corrected chi connectivity index (χ1v) is 15.6. The zero-order chi connectivity index (χ0) is 33.5. The molecule has 0 fully saturated rings. The standard InChI is InChI=1S/C37H40N2O8/c1-44-32-18-12-29(13-19-32)37(28-10-6-5-7-11-28,30-14-20-33(45-2)21-15-30)46-27-9-4-3-8-26-38-35(40)24-25-36(41)47-34-22-16-31(17-23-34)39(42)43/h5-7,10-23H,3-4,8-9,24-27H2,1-2H3,(H,38,40). The number of carbonyl (C=O) groups excluding carboxylic acids is 2. The highest BCUT2D eigenvalue weighted by atomic mass is 16.6. The smallest absolute Gasteiger partial charge is 0.311 e. The summed E-state index contributed by atoms with van der Waals surface area (Å²) in [5, 5.41) is 13.6. The lowest BCUT2D eigenvalue weighted by molar-refractivity contribution is -0.384. The van der Waals surface area contributed by atoms with Crippen LogP contribution in [0.15, 0.2) is 103 Å². The number of benzene rings is 4. The fourth-order valence-electron chi connectivity index (χ4n) is 5.23. The van der Waals surface area contributed by atoms with E-state index in [0.717, 1.165) is 53.9 Å². The molecule has 10 heteroatoms. The Morgan fingerprint density at radius 3 is 1.77 bits per heavy atom. The monoisotopic (exact) mass is 640 g/mol. The van der Waals surface area contributed by atoms with E-state index in [9.17, 15) is 19.7 Å². The molecule has 0 atom stereocenters. The number of methoxy groups -OCH3 is 2. The number of unbranched alkanes of at least 4 members (excludes halogenated alkanes) is 3. The first-order chi connectivity index (χ1) is 22.8. The minimum Gasteiger partial charge on any atom is -0.497 e. The first-order valence-electron chi connectivity index (χ1n) is 15.6. The lowest BCUT2D eigenvalue weighted by Gasteiger charge is -2.36. The van der Waals surface area contributed by atoms with Gasteiger partial charge < -0.3 is 24.3 Å². The van der Waals surface area contributed by atoms with Crippen LogP contribution in [0.1, 0.15) is 55.2 Å². The lowest BCUT2D eigenvalue weighted by Crippen LogP contribution is -2.33. The van der Waals surface area contributed by atoms with Crippen molar-refractivity contribution in [3.63, 3.8) is 0 Å². The van der Waals surface area contributed by atoms with Crippen molar-refractivity contribution in [3.8, 4) is 17.2 Å². The Labute approximate surface area is 274 Å². The molecule has 0 saturated heterocycles. The van der Waals surface area contributed by atoms with Gasteiger partial charge >= 0.3 is 5.97 Å². The Morgan fingerprint density at radius 2 is 1.21 bits per heavy atom. The summed E-state index contributed by atoms with van der Waals surface area (Å²) in [6.07, 6.45) is 3.33. The normalized spacial score (nSPS) is 11.0. The van der Waals surface area contributed by atoms with Gasteiger partial charge in [-0.15, -0.1) is 0 Å². The summed E-state index contributed by atoms with van der Waals surface area (Å²) < 4.78 is 22.8. The van der Waals surface area contributed by atoms with Crippen molar-refractivity contribution >= 4 is 17.6 Å².